The van der Waals surface area contributed by atoms with E-state index in [9.17, 15) is 5.11 Å². The molecule has 105 valence electrons. The third-order valence-electron chi connectivity index (χ3n) is 3.23. The third kappa shape index (κ3) is 3.45. The molecule has 2 aromatic carbocycles. The second-order valence-electron chi connectivity index (χ2n) is 4.63. The van der Waals surface area contributed by atoms with Crippen molar-refractivity contribution in [2.45, 2.75) is 12.0 Å². The molecule has 4 heteroatoms. The first-order chi connectivity index (χ1) is 9.55. The van der Waals surface area contributed by atoms with Gasteiger partial charge < -0.3 is 10.4 Å². The largest absolute Gasteiger partial charge is 0.383 e. The van der Waals surface area contributed by atoms with Gasteiger partial charge in [-0.2, -0.15) is 0 Å². The molecular formula is C16H16Cl2NO. The van der Waals surface area contributed by atoms with Gasteiger partial charge in [0.25, 0.3) is 0 Å². The molecule has 0 aliphatic carbocycles. The molecule has 2 rings (SSSR count). The van der Waals surface area contributed by atoms with Gasteiger partial charge in [0, 0.05) is 12.2 Å². The first-order valence-corrected chi connectivity index (χ1v) is 7.07. The molecule has 0 saturated carbocycles. The van der Waals surface area contributed by atoms with Gasteiger partial charge in [-0.25, -0.2) is 0 Å². The zero-order valence-corrected chi connectivity index (χ0v) is 12.5. The van der Waals surface area contributed by atoms with Gasteiger partial charge in [0.1, 0.15) is 5.60 Å². The minimum absolute atomic E-state index is 0.324. The van der Waals surface area contributed by atoms with Crippen LogP contribution in [-0.4, -0.2) is 11.7 Å². The number of para-hydroxylation sites is 1. The van der Waals surface area contributed by atoms with Gasteiger partial charge in [0.05, 0.1) is 10.0 Å². The molecule has 0 heterocycles. The molecule has 2 nitrogen and oxygen atoms in total. The van der Waals surface area contributed by atoms with Crippen LogP contribution in [0.4, 0.5) is 5.69 Å². The van der Waals surface area contributed by atoms with E-state index in [1.165, 1.54) is 0 Å². The van der Waals surface area contributed by atoms with Gasteiger partial charge in [0.2, 0.25) is 0 Å². The van der Waals surface area contributed by atoms with Gasteiger partial charge in [-0.3, -0.25) is 0 Å². The van der Waals surface area contributed by atoms with Crippen LogP contribution in [0, 0.1) is 6.92 Å². The van der Waals surface area contributed by atoms with Gasteiger partial charge >= 0.3 is 0 Å². The van der Waals surface area contributed by atoms with Crippen molar-refractivity contribution in [3.05, 3.63) is 71.1 Å². The third-order valence-corrected chi connectivity index (χ3v) is 3.97. The predicted octanol–water partition coefficient (Wildman–Crippen LogP) is 4.52. The molecule has 2 N–H and O–H groups in total. The lowest BCUT2D eigenvalue weighted by Gasteiger charge is -2.28. The van der Waals surface area contributed by atoms with Crippen LogP contribution in [0.15, 0.2) is 48.5 Å². The highest BCUT2D eigenvalue weighted by atomic mass is 35.5. The molecule has 0 amide bonds. The summed E-state index contributed by atoms with van der Waals surface area (Å²) in [5.41, 5.74) is 0.550. The number of benzene rings is 2. The molecule has 0 saturated heterocycles. The zero-order chi connectivity index (χ0) is 14.6. The molecule has 1 radical (unpaired) electrons. The highest BCUT2D eigenvalue weighted by Gasteiger charge is 2.27. The Balaban J connectivity index is 2.18. The minimum atomic E-state index is -1.09. The predicted molar refractivity (Wildman–Crippen MR) is 85.3 cm³/mol. The highest BCUT2D eigenvalue weighted by Crippen LogP contribution is 2.31. The second-order valence-corrected chi connectivity index (χ2v) is 5.44. The average Bonchev–Trinajstić information content (AvgIpc) is 2.48. The van der Waals surface area contributed by atoms with Gasteiger partial charge in [0.15, 0.2) is 0 Å². The van der Waals surface area contributed by atoms with Crippen molar-refractivity contribution in [2.75, 3.05) is 11.9 Å². The molecule has 1 atom stereocenters. The molecule has 1 unspecified atom stereocenters. The summed E-state index contributed by atoms with van der Waals surface area (Å²) in [6.07, 6.45) is 0.324. The van der Waals surface area contributed by atoms with Crippen molar-refractivity contribution >= 4 is 28.9 Å². The summed E-state index contributed by atoms with van der Waals surface area (Å²) in [7, 11) is 0. The number of halogens is 2. The summed E-state index contributed by atoms with van der Waals surface area (Å²) in [6, 6.07) is 14.8. The van der Waals surface area contributed by atoms with E-state index in [0.29, 0.717) is 28.6 Å². The molecule has 0 fully saturated rings. The first kappa shape index (κ1) is 15.2. The van der Waals surface area contributed by atoms with Gasteiger partial charge in [-0.15, -0.1) is 0 Å². The number of hydrogen-bond donors (Lipinski definition) is 2. The Labute approximate surface area is 129 Å². The fourth-order valence-corrected chi connectivity index (χ4v) is 2.22. The van der Waals surface area contributed by atoms with E-state index in [-0.39, 0.29) is 0 Å². The van der Waals surface area contributed by atoms with Crippen molar-refractivity contribution in [1.29, 1.82) is 0 Å². The Bertz CT molecular complexity index is 574. The Morgan fingerprint density at radius 3 is 2.35 bits per heavy atom. The van der Waals surface area contributed by atoms with Crippen molar-refractivity contribution in [1.82, 2.24) is 0 Å². The van der Waals surface area contributed by atoms with Crippen molar-refractivity contribution in [3.63, 3.8) is 0 Å². The van der Waals surface area contributed by atoms with Crippen LogP contribution in [-0.2, 0) is 5.60 Å². The maximum atomic E-state index is 10.7. The quantitative estimate of drug-likeness (QED) is 0.851. The van der Waals surface area contributed by atoms with Crippen LogP contribution in [0.3, 0.4) is 0 Å². The van der Waals surface area contributed by atoms with E-state index >= 15 is 0 Å². The van der Waals surface area contributed by atoms with Crippen LogP contribution in [0.25, 0.3) is 0 Å². The van der Waals surface area contributed by atoms with Crippen molar-refractivity contribution in [2.24, 2.45) is 0 Å². The lowest BCUT2D eigenvalue weighted by atomic mass is 9.91. The Morgan fingerprint density at radius 1 is 1.05 bits per heavy atom. The lowest BCUT2D eigenvalue weighted by Crippen LogP contribution is -2.33. The van der Waals surface area contributed by atoms with Gasteiger partial charge in [-0.1, -0.05) is 54.4 Å². The SMILES string of the molecule is [CH2]CC(O)(CNc1ccccc1)c1ccc(Cl)c(Cl)c1. The number of hydrogen-bond acceptors (Lipinski definition) is 2. The fraction of sp³-hybridized carbons (Fsp3) is 0.188. The summed E-state index contributed by atoms with van der Waals surface area (Å²) in [5, 5.41) is 14.8. The Hall–Kier alpha value is -1.22. The molecular weight excluding hydrogens is 293 g/mol. The summed E-state index contributed by atoms with van der Waals surface area (Å²) in [6.45, 7) is 4.18. The number of anilines is 1. The van der Waals surface area contributed by atoms with E-state index in [1.54, 1.807) is 18.2 Å². The standard InChI is InChI=1S/C16H16Cl2NO/c1-2-16(20,11-19-13-6-4-3-5-7-13)12-8-9-14(17)15(18)10-12/h3-10,19-20H,1-2,11H2. The van der Waals surface area contributed by atoms with E-state index in [4.69, 9.17) is 23.2 Å². The maximum Gasteiger partial charge on any atom is 0.107 e. The first-order valence-electron chi connectivity index (χ1n) is 6.31. The van der Waals surface area contributed by atoms with E-state index in [1.807, 2.05) is 30.3 Å². The zero-order valence-electron chi connectivity index (χ0n) is 10.9. The average molecular weight is 309 g/mol. The van der Waals surface area contributed by atoms with Crippen LogP contribution in [0.1, 0.15) is 12.0 Å². The van der Waals surface area contributed by atoms with Crippen molar-refractivity contribution in [3.8, 4) is 0 Å². The molecule has 2 aromatic rings. The molecule has 0 bridgehead atoms. The van der Waals surface area contributed by atoms with E-state index in [2.05, 4.69) is 12.2 Å². The summed E-state index contributed by atoms with van der Waals surface area (Å²) in [5.74, 6) is 0. The maximum absolute atomic E-state index is 10.7. The number of rotatable bonds is 5. The van der Waals surface area contributed by atoms with Gasteiger partial charge in [-0.05, 0) is 36.2 Å². The summed E-state index contributed by atoms with van der Waals surface area (Å²) >= 11 is 11.9. The Kier molecular flexibility index (Phi) is 4.92. The number of nitrogens with one attached hydrogen (secondary N) is 1. The van der Waals surface area contributed by atoms with Crippen molar-refractivity contribution < 1.29 is 5.11 Å². The molecule has 20 heavy (non-hydrogen) atoms. The smallest absolute Gasteiger partial charge is 0.107 e. The highest BCUT2D eigenvalue weighted by molar-refractivity contribution is 6.42. The Morgan fingerprint density at radius 2 is 1.75 bits per heavy atom. The van der Waals surface area contributed by atoms with Crippen LogP contribution in [0.5, 0.6) is 0 Å². The van der Waals surface area contributed by atoms with Crippen LogP contribution < -0.4 is 5.32 Å². The summed E-state index contributed by atoms with van der Waals surface area (Å²) in [4.78, 5) is 0. The van der Waals surface area contributed by atoms with E-state index in [0.717, 1.165) is 5.69 Å². The minimum Gasteiger partial charge on any atom is -0.383 e. The molecule has 0 spiro atoms. The fourth-order valence-electron chi connectivity index (χ4n) is 1.92. The van der Waals surface area contributed by atoms with Crippen LogP contribution in [0.2, 0.25) is 10.0 Å². The second kappa shape index (κ2) is 6.49. The lowest BCUT2D eigenvalue weighted by molar-refractivity contribution is 0.0530. The molecule has 0 aromatic heterocycles. The molecule has 0 aliphatic rings. The topological polar surface area (TPSA) is 32.3 Å². The number of aliphatic hydroxyl groups is 1. The molecule has 0 aliphatic heterocycles. The normalized spacial score (nSPS) is 13.8. The van der Waals surface area contributed by atoms with Crippen LogP contribution >= 0.6 is 23.2 Å². The summed E-state index contributed by atoms with van der Waals surface area (Å²) < 4.78 is 0. The van der Waals surface area contributed by atoms with E-state index < -0.39 is 5.60 Å². The monoisotopic (exact) mass is 308 g/mol.